The van der Waals surface area contributed by atoms with Crippen molar-refractivity contribution in [2.45, 2.75) is 23.9 Å². The van der Waals surface area contributed by atoms with Gasteiger partial charge in [0.25, 0.3) is 0 Å². The van der Waals surface area contributed by atoms with E-state index in [0.717, 1.165) is 67.8 Å². The molecule has 1 N–H and O–H groups in total. The first-order chi connectivity index (χ1) is 19.2. The molecule has 2 aliphatic rings. The Kier molecular flexibility index (Phi) is 6.68. The Morgan fingerprint density at radius 1 is 0.829 bits per heavy atom. The van der Waals surface area contributed by atoms with Crippen LogP contribution < -0.4 is 10.2 Å². The van der Waals surface area contributed by atoms with Gasteiger partial charge < -0.3 is 4.74 Å². The Morgan fingerprint density at radius 2 is 1.34 bits per heavy atom. The van der Waals surface area contributed by atoms with E-state index in [0.29, 0.717) is 17.0 Å². The fourth-order valence-corrected chi connectivity index (χ4v) is 5.66. The van der Waals surface area contributed by atoms with Crippen LogP contribution in [0, 0.1) is 17.7 Å². The molecule has 2 saturated heterocycles. The number of hydrogen-bond donors (Lipinski definition) is 1. The number of imide groups is 1. The maximum Gasteiger partial charge on any atom is 0.416 e. The number of esters is 1. The van der Waals surface area contributed by atoms with Crippen molar-refractivity contribution in [1.29, 1.82) is 0 Å². The lowest BCUT2D eigenvalue weighted by molar-refractivity contribution is -0.145. The summed E-state index contributed by atoms with van der Waals surface area (Å²) in [6.45, 7) is 0. The number of carbonyl (C=O) groups is 3. The third kappa shape index (κ3) is 4.53. The average Bonchev–Trinajstić information content (AvgIpc) is 3.42. The number of anilines is 1. The summed E-state index contributed by atoms with van der Waals surface area (Å²) in [7, 11) is 0.979. The van der Waals surface area contributed by atoms with Gasteiger partial charge in [-0.25, -0.2) is 9.29 Å². The van der Waals surface area contributed by atoms with Gasteiger partial charge in [-0.15, -0.1) is 0 Å². The van der Waals surface area contributed by atoms with Crippen LogP contribution in [0.15, 0.2) is 72.8 Å². The second kappa shape index (κ2) is 9.68. The molecular formula is C28H19F7N2O4. The molecule has 5 rings (SSSR count). The molecule has 0 radical (unpaired) electrons. The number of alkyl halides is 6. The molecule has 3 aromatic rings. The summed E-state index contributed by atoms with van der Waals surface area (Å²) in [4.78, 5) is 41.3. The average molecular weight is 580 g/mol. The number of amides is 2. The SMILES string of the molecule is COC(=O)[C@@H]1NC(c2cccc(C(F)(F)F)c2)(c2cccc(C(F)(F)F)c2)[C@H]2C(=O)N(c3ccc(F)cc3)C(=O)[C@H]12. The highest BCUT2D eigenvalue weighted by molar-refractivity contribution is 6.24. The number of nitrogens with one attached hydrogen (secondary N) is 1. The molecule has 2 amide bonds. The summed E-state index contributed by atoms with van der Waals surface area (Å²) in [5.41, 5.74) is -5.29. The predicted molar refractivity (Wildman–Crippen MR) is 128 cm³/mol. The van der Waals surface area contributed by atoms with Crippen LogP contribution >= 0.6 is 0 Å². The van der Waals surface area contributed by atoms with Crippen molar-refractivity contribution in [3.8, 4) is 0 Å². The van der Waals surface area contributed by atoms with E-state index in [1.165, 1.54) is 0 Å². The minimum atomic E-state index is -4.87. The molecule has 2 fully saturated rings. The first-order valence-electron chi connectivity index (χ1n) is 12.0. The molecule has 0 bridgehead atoms. The van der Waals surface area contributed by atoms with Crippen molar-refractivity contribution in [2.75, 3.05) is 12.0 Å². The maximum atomic E-state index is 14.0. The molecule has 3 atom stereocenters. The maximum absolute atomic E-state index is 14.0. The number of rotatable bonds is 4. The molecule has 13 heteroatoms. The topological polar surface area (TPSA) is 75.7 Å². The van der Waals surface area contributed by atoms with E-state index >= 15 is 0 Å². The molecular weight excluding hydrogens is 561 g/mol. The summed E-state index contributed by atoms with van der Waals surface area (Å²) in [6, 6.07) is 9.64. The summed E-state index contributed by atoms with van der Waals surface area (Å²) >= 11 is 0. The normalized spacial score (nSPS) is 22.1. The minimum absolute atomic E-state index is 0.0959. The van der Waals surface area contributed by atoms with E-state index < -0.39 is 70.5 Å². The molecule has 0 aromatic heterocycles. The highest BCUT2D eigenvalue weighted by Crippen LogP contribution is 2.53. The standard InChI is InChI=1S/C28H19F7N2O4/c1-41-25(40)22-20-21(24(39)37(23(20)38)19-10-8-18(29)9-11-19)26(36-22,14-4-2-6-16(12-14)27(30,31)32)15-5-3-7-17(13-15)28(33,34)35/h2-13,20-22,36H,1H3/t20-,21+,22+/m0/s1. The lowest BCUT2D eigenvalue weighted by atomic mass is 9.71. The predicted octanol–water partition coefficient (Wildman–Crippen LogP) is 5.06. The minimum Gasteiger partial charge on any atom is -0.468 e. The Bertz CT molecular complexity index is 1480. The van der Waals surface area contributed by atoms with Crippen LogP contribution in [-0.4, -0.2) is 30.9 Å². The number of benzene rings is 3. The van der Waals surface area contributed by atoms with Crippen molar-refractivity contribution >= 4 is 23.5 Å². The molecule has 3 aromatic carbocycles. The second-order valence-corrected chi connectivity index (χ2v) is 9.60. The Morgan fingerprint density at radius 3 is 1.80 bits per heavy atom. The van der Waals surface area contributed by atoms with Crippen LogP contribution in [0.4, 0.5) is 36.4 Å². The molecule has 0 spiro atoms. The van der Waals surface area contributed by atoms with E-state index in [1.54, 1.807) is 0 Å². The fraction of sp³-hybridized carbons (Fsp3) is 0.250. The largest absolute Gasteiger partial charge is 0.468 e. The van der Waals surface area contributed by atoms with Gasteiger partial charge in [-0.3, -0.25) is 19.7 Å². The summed E-state index contributed by atoms with van der Waals surface area (Å²) in [5, 5.41) is 2.75. The third-order valence-corrected chi connectivity index (χ3v) is 7.39. The lowest BCUT2D eigenvalue weighted by Crippen LogP contribution is -2.52. The fourth-order valence-electron chi connectivity index (χ4n) is 5.66. The number of hydrogen-bond acceptors (Lipinski definition) is 5. The van der Waals surface area contributed by atoms with Crippen molar-refractivity contribution in [3.05, 3.63) is 101 Å². The molecule has 0 aliphatic carbocycles. The van der Waals surface area contributed by atoms with Crippen LogP contribution in [0.25, 0.3) is 0 Å². The quantitative estimate of drug-likeness (QED) is 0.266. The monoisotopic (exact) mass is 580 g/mol. The molecule has 41 heavy (non-hydrogen) atoms. The van der Waals surface area contributed by atoms with E-state index in [2.05, 4.69) is 5.32 Å². The van der Waals surface area contributed by atoms with Gasteiger partial charge in [0, 0.05) is 0 Å². The zero-order chi connectivity index (χ0) is 29.9. The Labute approximate surface area is 227 Å². The first kappa shape index (κ1) is 28.3. The number of carbonyl (C=O) groups excluding carboxylic acids is 3. The Hall–Kier alpha value is -4.26. The van der Waals surface area contributed by atoms with E-state index in [-0.39, 0.29) is 16.8 Å². The second-order valence-electron chi connectivity index (χ2n) is 9.60. The molecule has 0 unspecified atom stereocenters. The van der Waals surface area contributed by atoms with Crippen LogP contribution in [0.5, 0.6) is 0 Å². The summed E-state index contributed by atoms with van der Waals surface area (Å²) in [6.07, 6.45) is -9.75. The van der Waals surface area contributed by atoms with Gasteiger partial charge in [0.2, 0.25) is 11.8 Å². The molecule has 2 aliphatic heterocycles. The van der Waals surface area contributed by atoms with Crippen LogP contribution in [0.3, 0.4) is 0 Å². The van der Waals surface area contributed by atoms with Crippen molar-refractivity contribution < 1.29 is 49.9 Å². The van der Waals surface area contributed by atoms with Gasteiger partial charge in [0.1, 0.15) is 11.9 Å². The van der Waals surface area contributed by atoms with Crippen molar-refractivity contribution in [2.24, 2.45) is 11.8 Å². The lowest BCUT2D eigenvalue weighted by Gasteiger charge is -2.37. The number of methoxy groups -OCH3 is 1. The smallest absolute Gasteiger partial charge is 0.416 e. The highest BCUT2D eigenvalue weighted by atomic mass is 19.4. The van der Waals surface area contributed by atoms with E-state index in [9.17, 15) is 45.1 Å². The van der Waals surface area contributed by atoms with E-state index in [1.807, 2.05) is 0 Å². The number of ether oxygens (including phenoxy) is 1. The summed E-state index contributed by atoms with van der Waals surface area (Å²) in [5.74, 6) is -7.02. The first-order valence-corrected chi connectivity index (χ1v) is 12.0. The molecule has 6 nitrogen and oxygen atoms in total. The Balaban J connectivity index is 1.81. The van der Waals surface area contributed by atoms with Crippen LogP contribution in [0.1, 0.15) is 22.3 Å². The summed E-state index contributed by atoms with van der Waals surface area (Å²) < 4.78 is 101. The molecule has 0 saturated carbocycles. The molecule has 214 valence electrons. The zero-order valence-electron chi connectivity index (χ0n) is 20.9. The number of fused-ring (bicyclic) bond motifs is 1. The number of nitrogens with zero attached hydrogens (tertiary/aromatic N) is 1. The van der Waals surface area contributed by atoms with Crippen molar-refractivity contribution in [1.82, 2.24) is 5.32 Å². The van der Waals surface area contributed by atoms with Gasteiger partial charge in [-0.1, -0.05) is 24.3 Å². The van der Waals surface area contributed by atoms with E-state index in [4.69, 9.17) is 4.74 Å². The highest BCUT2D eigenvalue weighted by Gasteiger charge is 2.68. The van der Waals surface area contributed by atoms with Gasteiger partial charge in [-0.05, 0) is 59.7 Å². The van der Waals surface area contributed by atoms with Gasteiger partial charge in [0.05, 0.1) is 41.3 Å². The number of halogens is 7. The van der Waals surface area contributed by atoms with Gasteiger partial charge in [0.15, 0.2) is 0 Å². The van der Waals surface area contributed by atoms with Crippen LogP contribution in [0.2, 0.25) is 0 Å². The van der Waals surface area contributed by atoms with Gasteiger partial charge >= 0.3 is 18.3 Å². The third-order valence-electron chi connectivity index (χ3n) is 7.39. The van der Waals surface area contributed by atoms with Crippen LogP contribution in [-0.2, 0) is 37.0 Å². The van der Waals surface area contributed by atoms with Gasteiger partial charge in [-0.2, -0.15) is 26.3 Å². The molecule has 2 heterocycles. The van der Waals surface area contributed by atoms with Crippen molar-refractivity contribution in [3.63, 3.8) is 0 Å². The zero-order valence-corrected chi connectivity index (χ0v) is 20.9.